The first-order valence-electron chi connectivity index (χ1n) is 8.43. The summed E-state index contributed by atoms with van der Waals surface area (Å²) in [6.07, 6.45) is 3.09. The fourth-order valence-electron chi connectivity index (χ4n) is 3.30. The van der Waals surface area contributed by atoms with E-state index in [0.29, 0.717) is 37.7 Å². The zero-order valence-electron chi connectivity index (χ0n) is 14.3. The van der Waals surface area contributed by atoms with Gasteiger partial charge < -0.3 is 19.3 Å². The van der Waals surface area contributed by atoms with Gasteiger partial charge in [0.1, 0.15) is 5.82 Å². The quantitative estimate of drug-likeness (QED) is 0.732. The Morgan fingerprint density at radius 3 is 2.54 bits per heavy atom. The van der Waals surface area contributed by atoms with Crippen LogP contribution in [0.3, 0.4) is 0 Å². The predicted octanol–water partition coefficient (Wildman–Crippen LogP) is 1.43. The van der Waals surface area contributed by atoms with Crippen molar-refractivity contribution in [3.8, 4) is 0 Å². The van der Waals surface area contributed by atoms with Crippen LogP contribution in [0.5, 0.6) is 0 Å². The number of rotatable bonds is 3. The molecule has 0 aromatic heterocycles. The molecule has 9 heteroatoms. The number of carbonyl (C=O) groups is 1. The van der Waals surface area contributed by atoms with Crippen molar-refractivity contribution in [2.45, 2.75) is 23.8 Å². The number of carbonyl (C=O) groups excluding carboxylic acids is 1. The lowest BCUT2D eigenvalue weighted by Crippen LogP contribution is -2.37. The number of anilines is 2. The monoisotopic (exact) mass is 382 g/mol. The molecule has 2 fully saturated rings. The number of morpholine rings is 1. The van der Waals surface area contributed by atoms with E-state index in [4.69, 9.17) is 4.74 Å². The summed E-state index contributed by atoms with van der Waals surface area (Å²) in [5, 5.41) is 0. The van der Waals surface area contributed by atoms with Crippen molar-refractivity contribution >= 4 is 27.2 Å². The van der Waals surface area contributed by atoms with Gasteiger partial charge in [-0.05, 0) is 25.0 Å². The van der Waals surface area contributed by atoms with Crippen LogP contribution >= 0.6 is 0 Å². The standard InChI is InChI=1S/C17H19FN2O5S/c1-24-17(21)16-10-20(11-2-3-11)14-9-13(19-4-6-25-7-5-19)12(18)8-15(14)26(16,22)23/h8-11H,2-7H2,1H3. The molecule has 0 spiro atoms. The Morgan fingerprint density at radius 2 is 1.92 bits per heavy atom. The molecule has 0 N–H and O–H groups in total. The summed E-state index contributed by atoms with van der Waals surface area (Å²) in [4.78, 5) is 14.9. The number of sulfone groups is 1. The Morgan fingerprint density at radius 1 is 1.23 bits per heavy atom. The maximum Gasteiger partial charge on any atom is 0.351 e. The number of hydrogen-bond acceptors (Lipinski definition) is 7. The van der Waals surface area contributed by atoms with Crippen LogP contribution in [-0.2, 0) is 24.1 Å². The van der Waals surface area contributed by atoms with Crippen LogP contribution in [0, 0.1) is 5.82 Å². The van der Waals surface area contributed by atoms with Crippen molar-refractivity contribution < 1.29 is 27.1 Å². The largest absolute Gasteiger partial charge is 0.465 e. The molecule has 0 bridgehead atoms. The van der Waals surface area contributed by atoms with Gasteiger partial charge in [-0.25, -0.2) is 17.6 Å². The number of hydrogen-bond donors (Lipinski definition) is 0. The molecule has 2 heterocycles. The van der Waals surface area contributed by atoms with Crippen LogP contribution in [-0.4, -0.2) is 53.8 Å². The highest BCUT2D eigenvalue weighted by Gasteiger charge is 2.41. The van der Waals surface area contributed by atoms with E-state index in [1.165, 1.54) is 6.20 Å². The number of nitrogens with zero attached hydrogens (tertiary/aromatic N) is 2. The summed E-state index contributed by atoms with van der Waals surface area (Å²) in [6.45, 7) is 2.06. The van der Waals surface area contributed by atoms with Gasteiger partial charge >= 0.3 is 5.97 Å². The van der Waals surface area contributed by atoms with Crippen molar-refractivity contribution in [2.24, 2.45) is 0 Å². The van der Waals surface area contributed by atoms with E-state index in [-0.39, 0.29) is 10.9 Å². The van der Waals surface area contributed by atoms with Gasteiger partial charge in [0.15, 0.2) is 4.91 Å². The zero-order chi connectivity index (χ0) is 18.5. The first-order chi connectivity index (χ1) is 12.4. The van der Waals surface area contributed by atoms with E-state index >= 15 is 0 Å². The van der Waals surface area contributed by atoms with Gasteiger partial charge in [0, 0.05) is 25.3 Å². The Labute approximate surface area is 150 Å². The number of fused-ring (bicyclic) bond motifs is 1. The molecule has 0 radical (unpaired) electrons. The van der Waals surface area contributed by atoms with E-state index in [1.807, 2.05) is 4.90 Å². The molecule has 26 heavy (non-hydrogen) atoms. The van der Waals surface area contributed by atoms with E-state index in [0.717, 1.165) is 26.0 Å². The number of methoxy groups -OCH3 is 1. The number of benzene rings is 1. The number of halogens is 1. The normalized spacial score (nSPS) is 21.8. The van der Waals surface area contributed by atoms with Crippen LogP contribution in [0.1, 0.15) is 12.8 Å². The molecule has 2 aliphatic heterocycles. The highest BCUT2D eigenvalue weighted by molar-refractivity contribution is 7.96. The van der Waals surface area contributed by atoms with Gasteiger partial charge in [0.05, 0.1) is 36.6 Å². The van der Waals surface area contributed by atoms with Gasteiger partial charge in [0.2, 0.25) is 9.84 Å². The molecule has 1 aromatic rings. The third-order valence-electron chi connectivity index (χ3n) is 4.82. The van der Waals surface area contributed by atoms with Crippen molar-refractivity contribution in [1.82, 2.24) is 0 Å². The maximum absolute atomic E-state index is 14.8. The molecule has 0 amide bonds. The van der Waals surface area contributed by atoms with Gasteiger partial charge in [-0.3, -0.25) is 0 Å². The van der Waals surface area contributed by atoms with Gasteiger partial charge in [-0.2, -0.15) is 0 Å². The van der Waals surface area contributed by atoms with Gasteiger partial charge in [-0.1, -0.05) is 0 Å². The Hall–Kier alpha value is -2.13. The molecular weight excluding hydrogens is 363 g/mol. The lowest BCUT2D eigenvalue weighted by Gasteiger charge is -2.33. The first kappa shape index (κ1) is 17.3. The summed E-state index contributed by atoms with van der Waals surface area (Å²) >= 11 is 0. The van der Waals surface area contributed by atoms with E-state index in [9.17, 15) is 17.6 Å². The lowest BCUT2D eigenvalue weighted by molar-refractivity contribution is -0.135. The second-order valence-corrected chi connectivity index (χ2v) is 8.38. The molecular formula is C17H19FN2O5S. The molecule has 1 aliphatic carbocycles. The predicted molar refractivity (Wildman–Crippen MR) is 92.2 cm³/mol. The minimum Gasteiger partial charge on any atom is -0.465 e. The third kappa shape index (κ3) is 2.75. The van der Waals surface area contributed by atoms with Crippen LogP contribution in [0.25, 0.3) is 0 Å². The Balaban J connectivity index is 1.85. The average Bonchev–Trinajstić information content (AvgIpc) is 3.47. The van der Waals surface area contributed by atoms with Crippen LogP contribution in [0.4, 0.5) is 15.8 Å². The first-order valence-corrected chi connectivity index (χ1v) is 9.91. The number of ether oxygens (including phenoxy) is 2. The third-order valence-corrected chi connectivity index (χ3v) is 6.58. The van der Waals surface area contributed by atoms with Crippen molar-refractivity contribution in [3.63, 3.8) is 0 Å². The molecule has 1 saturated heterocycles. The van der Waals surface area contributed by atoms with Gasteiger partial charge in [-0.15, -0.1) is 0 Å². The van der Waals surface area contributed by atoms with E-state index in [2.05, 4.69) is 4.74 Å². The second kappa shape index (κ2) is 6.24. The minimum atomic E-state index is -4.14. The molecule has 4 rings (SSSR count). The molecule has 140 valence electrons. The molecule has 0 atom stereocenters. The van der Waals surface area contributed by atoms with Crippen LogP contribution < -0.4 is 9.80 Å². The molecule has 7 nitrogen and oxygen atoms in total. The highest BCUT2D eigenvalue weighted by Crippen LogP contribution is 2.44. The van der Waals surface area contributed by atoms with E-state index < -0.39 is 26.5 Å². The summed E-state index contributed by atoms with van der Waals surface area (Å²) in [5.41, 5.74) is 0.755. The summed E-state index contributed by atoms with van der Waals surface area (Å²) < 4.78 is 50.3. The van der Waals surface area contributed by atoms with Crippen molar-refractivity contribution in [3.05, 3.63) is 29.1 Å². The fraction of sp³-hybridized carbons (Fsp3) is 0.471. The van der Waals surface area contributed by atoms with Crippen LogP contribution in [0.15, 0.2) is 28.1 Å². The number of esters is 1. The Bertz CT molecular complexity index is 889. The van der Waals surface area contributed by atoms with Crippen molar-refractivity contribution in [1.29, 1.82) is 0 Å². The lowest BCUT2D eigenvalue weighted by atomic mass is 10.2. The smallest absolute Gasteiger partial charge is 0.351 e. The fourth-order valence-corrected chi connectivity index (χ4v) is 4.79. The summed E-state index contributed by atoms with van der Waals surface area (Å²) in [6, 6.07) is 2.68. The molecule has 0 unspecified atom stereocenters. The molecule has 1 saturated carbocycles. The second-order valence-electron chi connectivity index (χ2n) is 6.50. The zero-order valence-corrected chi connectivity index (χ0v) is 15.1. The average molecular weight is 382 g/mol. The van der Waals surface area contributed by atoms with Gasteiger partial charge in [0.25, 0.3) is 0 Å². The SMILES string of the molecule is COC(=O)C1=CN(C2CC2)c2cc(N3CCOCC3)c(F)cc2S1(=O)=O. The van der Waals surface area contributed by atoms with Crippen molar-refractivity contribution in [2.75, 3.05) is 43.2 Å². The Kier molecular flexibility index (Phi) is 4.15. The molecule has 1 aromatic carbocycles. The molecule has 3 aliphatic rings. The summed E-state index contributed by atoms with van der Waals surface area (Å²) in [5.74, 6) is -1.57. The van der Waals surface area contributed by atoms with E-state index in [1.54, 1.807) is 11.0 Å². The topological polar surface area (TPSA) is 76.2 Å². The van der Waals surface area contributed by atoms with Crippen LogP contribution in [0.2, 0.25) is 0 Å². The minimum absolute atomic E-state index is 0.104. The highest BCUT2D eigenvalue weighted by atomic mass is 32.2. The maximum atomic E-state index is 14.8. The summed E-state index contributed by atoms with van der Waals surface area (Å²) in [7, 11) is -3.02.